The first-order valence-electron chi connectivity index (χ1n) is 5.76. The van der Waals surface area contributed by atoms with E-state index in [4.69, 9.17) is 27.9 Å². The minimum Gasteiger partial charge on any atom is -0.482 e. The monoisotopic (exact) mass is 313 g/mol. The van der Waals surface area contributed by atoms with E-state index < -0.39 is 12.8 Å². The van der Waals surface area contributed by atoms with Crippen molar-refractivity contribution in [3.8, 4) is 5.75 Å². The Morgan fingerprint density at radius 3 is 2.53 bits per heavy atom. The standard InChI is InChI=1S/C12H12Cl2F3NO/c13-8-3-7(5-18-9-1-2-9)11(10(14)4-8)19-6-12(15,16)17/h3-4,9,18H,1-2,5-6H2. The van der Waals surface area contributed by atoms with Gasteiger partial charge in [0.15, 0.2) is 6.61 Å². The van der Waals surface area contributed by atoms with Gasteiger partial charge in [0.25, 0.3) is 0 Å². The van der Waals surface area contributed by atoms with Crippen LogP contribution in [0.15, 0.2) is 12.1 Å². The molecule has 0 saturated heterocycles. The summed E-state index contributed by atoms with van der Waals surface area (Å²) in [5.74, 6) is 0.0385. The van der Waals surface area contributed by atoms with Gasteiger partial charge in [-0.05, 0) is 25.0 Å². The molecule has 1 N–H and O–H groups in total. The first-order chi connectivity index (χ1) is 8.85. The fourth-order valence-corrected chi connectivity index (χ4v) is 2.19. The van der Waals surface area contributed by atoms with Crippen LogP contribution in [0, 0.1) is 0 Å². The zero-order chi connectivity index (χ0) is 14.0. The molecule has 0 aliphatic heterocycles. The van der Waals surface area contributed by atoms with Crippen LogP contribution >= 0.6 is 23.2 Å². The van der Waals surface area contributed by atoms with Crippen LogP contribution in [0.2, 0.25) is 10.0 Å². The molecule has 1 aromatic rings. The van der Waals surface area contributed by atoms with Gasteiger partial charge in [0.1, 0.15) is 5.75 Å². The van der Waals surface area contributed by atoms with Crippen LogP contribution in [0.25, 0.3) is 0 Å². The summed E-state index contributed by atoms with van der Waals surface area (Å²) in [5, 5.41) is 3.65. The predicted molar refractivity (Wildman–Crippen MR) is 67.9 cm³/mol. The van der Waals surface area contributed by atoms with Crippen molar-refractivity contribution in [2.45, 2.75) is 31.6 Å². The number of halogens is 5. The Balaban J connectivity index is 2.12. The highest BCUT2D eigenvalue weighted by molar-refractivity contribution is 6.35. The number of ether oxygens (including phenoxy) is 1. The molecule has 0 atom stereocenters. The zero-order valence-electron chi connectivity index (χ0n) is 9.86. The minimum absolute atomic E-state index is 0.0385. The molecule has 1 fully saturated rings. The fourth-order valence-electron chi connectivity index (χ4n) is 1.60. The lowest BCUT2D eigenvalue weighted by atomic mass is 10.2. The zero-order valence-corrected chi connectivity index (χ0v) is 11.4. The molecular weight excluding hydrogens is 302 g/mol. The van der Waals surface area contributed by atoms with Crippen LogP contribution in [-0.4, -0.2) is 18.8 Å². The summed E-state index contributed by atoms with van der Waals surface area (Å²) in [6.45, 7) is -0.983. The second-order valence-electron chi connectivity index (χ2n) is 4.43. The summed E-state index contributed by atoms with van der Waals surface area (Å²) in [4.78, 5) is 0. The van der Waals surface area contributed by atoms with Crippen molar-refractivity contribution >= 4 is 23.2 Å². The van der Waals surface area contributed by atoms with Gasteiger partial charge in [0.05, 0.1) is 5.02 Å². The summed E-state index contributed by atoms with van der Waals surface area (Å²) in [5.41, 5.74) is 0.536. The predicted octanol–water partition coefficient (Wildman–Crippen LogP) is 4.19. The third kappa shape index (κ3) is 4.75. The molecule has 2 rings (SSSR count). The molecule has 7 heteroatoms. The van der Waals surface area contributed by atoms with Crippen molar-refractivity contribution in [3.63, 3.8) is 0 Å². The Bertz CT molecular complexity index is 461. The van der Waals surface area contributed by atoms with Crippen molar-refractivity contribution in [3.05, 3.63) is 27.7 Å². The Morgan fingerprint density at radius 2 is 1.95 bits per heavy atom. The van der Waals surface area contributed by atoms with E-state index >= 15 is 0 Å². The van der Waals surface area contributed by atoms with Gasteiger partial charge in [-0.1, -0.05) is 23.2 Å². The molecule has 0 radical (unpaired) electrons. The third-order valence-corrected chi connectivity index (χ3v) is 3.12. The van der Waals surface area contributed by atoms with Crippen LogP contribution in [0.1, 0.15) is 18.4 Å². The smallest absolute Gasteiger partial charge is 0.422 e. The van der Waals surface area contributed by atoms with Gasteiger partial charge in [-0.3, -0.25) is 0 Å². The molecule has 0 aromatic heterocycles. The number of alkyl halides is 3. The summed E-state index contributed by atoms with van der Waals surface area (Å²) < 4.78 is 41.4. The average Bonchev–Trinajstić information content (AvgIpc) is 3.06. The number of nitrogens with one attached hydrogen (secondary N) is 1. The molecule has 2 nitrogen and oxygen atoms in total. The fraction of sp³-hybridized carbons (Fsp3) is 0.500. The molecule has 1 aliphatic carbocycles. The lowest BCUT2D eigenvalue weighted by Gasteiger charge is -2.15. The third-order valence-electron chi connectivity index (χ3n) is 2.62. The Labute approximate surface area is 118 Å². The first-order valence-corrected chi connectivity index (χ1v) is 6.51. The quantitative estimate of drug-likeness (QED) is 0.880. The highest BCUT2D eigenvalue weighted by Crippen LogP contribution is 2.34. The van der Waals surface area contributed by atoms with E-state index in [1.54, 1.807) is 6.07 Å². The molecule has 1 aliphatic rings. The van der Waals surface area contributed by atoms with E-state index in [2.05, 4.69) is 5.32 Å². The van der Waals surface area contributed by atoms with E-state index in [1.165, 1.54) is 6.07 Å². The van der Waals surface area contributed by atoms with Gasteiger partial charge in [-0.2, -0.15) is 13.2 Å². The first kappa shape index (κ1) is 14.8. The van der Waals surface area contributed by atoms with Gasteiger partial charge in [-0.25, -0.2) is 0 Å². The number of rotatable bonds is 5. The van der Waals surface area contributed by atoms with E-state index in [0.717, 1.165) is 12.8 Å². The number of benzene rings is 1. The van der Waals surface area contributed by atoms with E-state index in [-0.39, 0.29) is 10.8 Å². The van der Waals surface area contributed by atoms with E-state index in [1.807, 2.05) is 0 Å². The normalized spacial score (nSPS) is 15.6. The van der Waals surface area contributed by atoms with E-state index in [9.17, 15) is 13.2 Å². The van der Waals surface area contributed by atoms with Gasteiger partial charge < -0.3 is 10.1 Å². The molecule has 106 valence electrons. The van der Waals surface area contributed by atoms with Crippen LogP contribution in [0.3, 0.4) is 0 Å². The average molecular weight is 314 g/mol. The van der Waals surface area contributed by atoms with Crippen molar-refractivity contribution in [1.82, 2.24) is 5.32 Å². The largest absolute Gasteiger partial charge is 0.482 e. The molecule has 0 heterocycles. The van der Waals surface area contributed by atoms with Gasteiger partial charge in [0.2, 0.25) is 0 Å². The maximum atomic E-state index is 12.2. The SMILES string of the molecule is FC(F)(F)COc1c(Cl)cc(Cl)cc1CNC1CC1. The molecule has 19 heavy (non-hydrogen) atoms. The van der Waals surface area contributed by atoms with E-state index in [0.29, 0.717) is 23.2 Å². The van der Waals surface area contributed by atoms with Crippen LogP contribution < -0.4 is 10.1 Å². The topological polar surface area (TPSA) is 21.3 Å². The highest BCUT2D eigenvalue weighted by atomic mass is 35.5. The van der Waals surface area contributed by atoms with Gasteiger partial charge in [0, 0.05) is 23.2 Å². The second-order valence-corrected chi connectivity index (χ2v) is 5.28. The molecule has 0 unspecified atom stereocenters. The second kappa shape index (κ2) is 5.77. The number of hydrogen-bond acceptors (Lipinski definition) is 2. The van der Waals surface area contributed by atoms with Crippen LogP contribution in [0.5, 0.6) is 5.75 Å². The lowest BCUT2D eigenvalue weighted by Crippen LogP contribution is -2.21. The van der Waals surface area contributed by atoms with Gasteiger partial charge in [-0.15, -0.1) is 0 Å². The molecule has 0 amide bonds. The van der Waals surface area contributed by atoms with Crippen LogP contribution in [-0.2, 0) is 6.54 Å². The summed E-state index contributed by atoms with van der Waals surface area (Å²) in [6, 6.07) is 3.36. The Kier molecular flexibility index (Phi) is 4.48. The Hall–Kier alpha value is -0.650. The molecule has 1 aromatic carbocycles. The minimum atomic E-state index is -4.40. The summed E-state index contributed by atoms with van der Waals surface area (Å²) in [6.07, 6.45) is -2.25. The summed E-state index contributed by atoms with van der Waals surface area (Å²) in [7, 11) is 0. The molecule has 0 bridgehead atoms. The molecular formula is C12H12Cl2F3NO. The lowest BCUT2D eigenvalue weighted by molar-refractivity contribution is -0.153. The maximum absolute atomic E-state index is 12.2. The summed E-state index contributed by atoms with van der Waals surface area (Å²) >= 11 is 11.7. The van der Waals surface area contributed by atoms with Crippen molar-refractivity contribution in [2.24, 2.45) is 0 Å². The van der Waals surface area contributed by atoms with Crippen molar-refractivity contribution in [2.75, 3.05) is 6.61 Å². The van der Waals surface area contributed by atoms with Crippen molar-refractivity contribution in [1.29, 1.82) is 0 Å². The van der Waals surface area contributed by atoms with Crippen LogP contribution in [0.4, 0.5) is 13.2 Å². The van der Waals surface area contributed by atoms with Crippen molar-refractivity contribution < 1.29 is 17.9 Å². The van der Waals surface area contributed by atoms with Gasteiger partial charge >= 0.3 is 6.18 Å². The Morgan fingerprint density at radius 1 is 1.26 bits per heavy atom. The number of hydrogen-bond donors (Lipinski definition) is 1. The molecule has 1 saturated carbocycles. The maximum Gasteiger partial charge on any atom is 0.422 e. The molecule has 0 spiro atoms. The highest BCUT2D eigenvalue weighted by Gasteiger charge is 2.29.